The zero-order valence-electron chi connectivity index (χ0n) is 9.73. The number of fused-ring (bicyclic) bond motifs is 1. The lowest BCUT2D eigenvalue weighted by molar-refractivity contribution is 0.415. The van der Waals surface area contributed by atoms with Crippen molar-refractivity contribution in [3.8, 4) is 5.75 Å². The number of benzene rings is 1. The zero-order chi connectivity index (χ0) is 12.4. The van der Waals surface area contributed by atoms with E-state index in [2.05, 4.69) is 26.2 Å². The first kappa shape index (κ1) is 12.7. The number of rotatable bonds is 4. The third kappa shape index (κ3) is 2.44. The summed E-state index contributed by atoms with van der Waals surface area (Å²) in [5.41, 5.74) is 2.19. The Morgan fingerprint density at radius 3 is 2.88 bits per heavy atom. The molecule has 92 valence electrons. The molecular weight excluding hydrogens is 304 g/mol. The quantitative estimate of drug-likeness (QED) is 0.907. The number of halogens is 2. The molecule has 0 aliphatic heterocycles. The Morgan fingerprint density at radius 2 is 2.24 bits per heavy atom. The van der Waals surface area contributed by atoms with E-state index in [1.165, 1.54) is 5.69 Å². The van der Waals surface area contributed by atoms with Crippen LogP contribution in [0.25, 0.3) is 10.9 Å². The molecule has 1 aromatic carbocycles. The highest BCUT2D eigenvalue weighted by atomic mass is 79.9. The molecule has 1 aromatic heterocycles. The van der Waals surface area contributed by atoms with Crippen LogP contribution >= 0.6 is 27.5 Å². The molecule has 5 heteroatoms. The normalized spacial score (nSPS) is 11.1. The van der Waals surface area contributed by atoms with E-state index in [9.17, 15) is 0 Å². The van der Waals surface area contributed by atoms with Crippen LogP contribution < -0.4 is 10.1 Å². The largest absolute Gasteiger partial charge is 0.495 e. The topological polar surface area (TPSA) is 37.0 Å². The summed E-state index contributed by atoms with van der Waals surface area (Å²) in [6.45, 7) is 0.927. The first-order valence-electron chi connectivity index (χ1n) is 5.35. The second kappa shape index (κ2) is 5.29. The summed E-state index contributed by atoms with van der Waals surface area (Å²) in [5.74, 6) is 0.694. The molecule has 0 aliphatic rings. The summed E-state index contributed by atoms with van der Waals surface area (Å²) in [5, 5.41) is 4.84. The summed E-state index contributed by atoms with van der Waals surface area (Å²) in [7, 11) is 3.56. The van der Waals surface area contributed by atoms with Crippen LogP contribution in [0.15, 0.2) is 16.6 Å². The Hall–Kier alpha value is -0.710. The molecule has 2 rings (SSSR count). The van der Waals surface area contributed by atoms with Crippen LogP contribution in [0.2, 0.25) is 5.02 Å². The Morgan fingerprint density at radius 1 is 1.47 bits per heavy atom. The molecule has 0 radical (unpaired) electrons. The molecule has 3 nitrogen and oxygen atoms in total. The molecular formula is C12H14BrClN2O. The number of methoxy groups -OCH3 is 1. The highest BCUT2D eigenvalue weighted by molar-refractivity contribution is 9.10. The molecule has 0 fully saturated rings. The SMILES string of the molecule is CNCCc1[nH]c2cc(Cl)c(OC)cc2c1Br. The molecule has 0 atom stereocenters. The molecule has 0 spiro atoms. The molecule has 17 heavy (non-hydrogen) atoms. The molecule has 0 saturated carbocycles. The minimum absolute atomic E-state index is 0.619. The molecule has 0 bridgehead atoms. The van der Waals surface area contributed by atoms with Crippen molar-refractivity contribution < 1.29 is 4.74 Å². The fourth-order valence-electron chi connectivity index (χ4n) is 1.80. The van der Waals surface area contributed by atoms with Crippen molar-refractivity contribution in [3.05, 3.63) is 27.3 Å². The lowest BCUT2D eigenvalue weighted by Gasteiger charge is -2.02. The maximum absolute atomic E-state index is 6.10. The van der Waals surface area contributed by atoms with Crippen molar-refractivity contribution in [3.63, 3.8) is 0 Å². The number of hydrogen-bond acceptors (Lipinski definition) is 2. The predicted molar refractivity (Wildman–Crippen MR) is 75.2 cm³/mol. The average Bonchev–Trinajstić information content (AvgIpc) is 2.62. The van der Waals surface area contributed by atoms with E-state index >= 15 is 0 Å². The summed E-state index contributed by atoms with van der Waals surface area (Å²) in [4.78, 5) is 3.36. The van der Waals surface area contributed by atoms with Crippen molar-refractivity contribution in [2.75, 3.05) is 20.7 Å². The highest BCUT2D eigenvalue weighted by Crippen LogP contribution is 2.35. The lowest BCUT2D eigenvalue weighted by Crippen LogP contribution is -2.10. The van der Waals surface area contributed by atoms with Gasteiger partial charge in [0, 0.05) is 34.0 Å². The first-order chi connectivity index (χ1) is 8.17. The fourth-order valence-corrected chi connectivity index (χ4v) is 2.66. The van der Waals surface area contributed by atoms with E-state index in [4.69, 9.17) is 16.3 Å². The van der Waals surface area contributed by atoms with Gasteiger partial charge in [-0.25, -0.2) is 0 Å². The maximum atomic E-state index is 6.10. The van der Waals surface area contributed by atoms with Gasteiger partial charge < -0.3 is 15.0 Å². The van der Waals surface area contributed by atoms with Gasteiger partial charge in [-0.15, -0.1) is 0 Å². The number of likely N-dealkylation sites (N-methyl/N-ethyl adjacent to an activating group) is 1. The van der Waals surface area contributed by atoms with Crippen LogP contribution in [0.5, 0.6) is 5.75 Å². The van der Waals surface area contributed by atoms with Gasteiger partial charge in [-0.3, -0.25) is 0 Å². The molecule has 2 N–H and O–H groups in total. The van der Waals surface area contributed by atoms with Crippen molar-refractivity contribution in [2.24, 2.45) is 0 Å². The van der Waals surface area contributed by atoms with Gasteiger partial charge in [0.25, 0.3) is 0 Å². The lowest BCUT2D eigenvalue weighted by atomic mass is 10.2. The van der Waals surface area contributed by atoms with Gasteiger partial charge in [0.15, 0.2) is 0 Å². The Balaban J connectivity index is 2.50. The predicted octanol–water partition coefficient (Wildman–Crippen LogP) is 3.35. The third-order valence-corrected chi connectivity index (χ3v) is 3.91. The van der Waals surface area contributed by atoms with E-state index in [0.717, 1.165) is 28.3 Å². The van der Waals surface area contributed by atoms with Gasteiger partial charge in [0.1, 0.15) is 5.75 Å². The Kier molecular flexibility index (Phi) is 3.97. The number of aromatic nitrogens is 1. The van der Waals surface area contributed by atoms with Crippen molar-refractivity contribution >= 4 is 38.4 Å². The van der Waals surface area contributed by atoms with E-state index in [-0.39, 0.29) is 0 Å². The second-order valence-corrected chi connectivity index (χ2v) is 5.00. The minimum Gasteiger partial charge on any atom is -0.495 e. The molecule has 0 amide bonds. The van der Waals surface area contributed by atoms with Crippen LogP contribution in [0.4, 0.5) is 0 Å². The van der Waals surface area contributed by atoms with E-state index < -0.39 is 0 Å². The van der Waals surface area contributed by atoms with E-state index in [1.807, 2.05) is 19.2 Å². The monoisotopic (exact) mass is 316 g/mol. The number of aromatic amines is 1. The van der Waals surface area contributed by atoms with Gasteiger partial charge >= 0.3 is 0 Å². The minimum atomic E-state index is 0.619. The van der Waals surface area contributed by atoms with E-state index in [1.54, 1.807) is 7.11 Å². The number of hydrogen-bond donors (Lipinski definition) is 2. The maximum Gasteiger partial charge on any atom is 0.138 e. The fraction of sp³-hybridized carbons (Fsp3) is 0.333. The van der Waals surface area contributed by atoms with Crippen LogP contribution in [0.1, 0.15) is 5.69 Å². The van der Waals surface area contributed by atoms with Gasteiger partial charge in [0.05, 0.1) is 12.1 Å². The smallest absolute Gasteiger partial charge is 0.138 e. The first-order valence-corrected chi connectivity index (χ1v) is 6.52. The molecule has 0 unspecified atom stereocenters. The molecule has 2 aromatic rings. The highest BCUT2D eigenvalue weighted by Gasteiger charge is 2.12. The molecule has 0 saturated heterocycles. The van der Waals surface area contributed by atoms with Crippen molar-refractivity contribution in [2.45, 2.75) is 6.42 Å². The van der Waals surface area contributed by atoms with Crippen LogP contribution in [0, 0.1) is 0 Å². The number of ether oxygens (including phenoxy) is 1. The summed E-state index contributed by atoms with van der Waals surface area (Å²) in [6.07, 6.45) is 0.936. The third-order valence-electron chi connectivity index (χ3n) is 2.70. The van der Waals surface area contributed by atoms with Gasteiger partial charge in [-0.2, -0.15) is 0 Å². The summed E-state index contributed by atoms with van der Waals surface area (Å²) < 4.78 is 6.30. The Labute approximate surface area is 114 Å². The van der Waals surface area contributed by atoms with Gasteiger partial charge in [-0.1, -0.05) is 11.6 Å². The number of H-pyrrole nitrogens is 1. The summed E-state index contributed by atoms with van der Waals surface area (Å²) in [6, 6.07) is 3.84. The molecule has 1 heterocycles. The van der Waals surface area contributed by atoms with Crippen molar-refractivity contribution in [1.29, 1.82) is 0 Å². The summed E-state index contributed by atoms with van der Waals surface area (Å²) >= 11 is 9.71. The average molecular weight is 318 g/mol. The second-order valence-electron chi connectivity index (χ2n) is 3.80. The van der Waals surface area contributed by atoms with Gasteiger partial charge in [-0.05, 0) is 35.1 Å². The number of nitrogens with one attached hydrogen (secondary N) is 2. The van der Waals surface area contributed by atoms with Crippen LogP contribution in [0.3, 0.4) is 0 Å². The van der Waals surface area contributed by atoms with Crippen LogP contribution in [-0.4, -0.2) is 25.7 Å². The standard InChI is InChI=1S/C12H14BrClN2O/c1-15-4-3-9-12(13)7-5-11(17-2)8(14)6-10(7)16-9/h5-6,15-16H,3-4H2,1-2H3. The van der Waals surface area contributed by atoms with E-state index in [0.29, 0.717) is 10.8 Å². The van der Waals surface area contributed by atoms with Crippen LogP contribution in [-0.2, 0) is 6.42 Å². The van der Waals surface area contributed by atoms with Gasteiger partial charge in [0.2, 0.25) is 0 Å². The zero-order valence-corrected chi connectivity index (χ0v) is 12.1. The van der Waals surface area contributed by atoms with Crippen molar-refractivity contribution in [1.82, 2.24) is 10.3 Å². The molecule has 0 aliphatic carbocycles. The Bertz CT molecular complexity index is 539.